The molecule has 1 aliphatic carbocycles. The van der Waals surface area contributed by atoms with E-state index in [2.05, 4.69) is 17.6 Å². The summed E-state index contributed by atoms with van der Waals surface area (Å²) in [6.45, 7) is 4.06. The van der Waals surface area contributed by atoms with Gasteiger partial charge in [-0.2, -0.15) is 0 Å². The molecule has 1 saturated carbocycles. The van der Waals surface area contributed by atoms with E-state index in [1.165, 1.54) is 19.3 Å². The van der Waals surface area contributed by atoms with Crippen molar-refractivity contribution in [2.45, 2.75) is 58.0 Å². The lowest BCUT2D eigenvalue weighted by molar-refractivity contribution is -0.127. The van der Waals surface area contributed by atoms with Gasteiger partial charge in [-0.05, 0) is 43.0 Å². The number of hydrogen-bond acceptors (Lipinski definition) is 3. The number of nitrogens with one attached hydrogen (secondary N) is 2. The Morgan fingerprint density at radius 1 is 1.24 bits per heavy atom. The molecule has 2 heterocycles. The van der Waals surface area contributed by atoms with Gasteiger partial charge in [0, 0.05) is 24.0 Å². The zero-order valence-corrected chi connectivity index (χ0v) is 15.8. The molecule has 3 rings (SSSR count). The second-order valence-corrected chi connectivity index (χ2v) is 8.43. The monoisotopic (exact) mass is 363 g/mol. The summed E-state index contributed by atoms with van der Waals surface area (Å²) in [6.07, 6.45) is 6.54. The van der Waals surface area contributed by atoms with Crippen LogP contribution in [0.3, 0.4) is 0 Å². The number of urea groups is 1. The third-order valence-electron chi connectivity index (χ3n) is 5.51. The highest BCUT2D eigenvalue weighted by atomic mass is 32.1. The molecule has 2 fully saturated rings. The van der Waals surface area contributed by atoms with Crippen molar-refractivity contribution in [2.24, 2.45) is 11.8 Å². The van der Waals surface area contributed by atoms with Crippen LogP contribution in [0.15, 0.2) is 17.5 Å². The topological polar surface area (TPSA) is 61.4 Å². The molecule has 2 N–H and O–H groups in total. The fraction of sp³-hybridized carbons (Fsp3) is 0.684. The Morgan fingerprint density at radius 3 is 2.84 bits per heavy atom. The van der Waals surface area contributed by atoms with Crippen LogP contribution in [0.2, 0.25) is 0 Å². The van der Waals surface area contributed by atoms with E-state index in [0.717, 1.165) is 30.7 Å². The van der Waals surface area contributed by atoms with Crippen LogP contribution in [-0.2, 0) is 11.3 Å². The summed E-state index contributed by atoms with van der Waals surface area (Å²) in [5.41, 5.74) is 0. The largest absolute Gasteiger partial charge is 0.353 e. The molecule has 5 nitrogen and oxygen atoms in total. The average molecular weight is 364 g/mol. The molecular weight excluding hydrogens is 334 g/mol. The first-order valence-electron chi connectivity index (χ1n) is 9.49. The molecule has 25 heavy (non-hydrogen) atoms. The van der Waals surface area contributed by atoms with Crippen LogP contribution in [-0.4, -0.2) is 36.0 Å². The maximum absolute atomic E-state index is 12.7. The number of hydrogen-bond donors (Lipinski definition) is 2. The van der Waals surface area contributed by atoms with Crippen molar-refractivity contribution >= 4 is 23.3 Å². The normalized spacial score (nSPS) is 26.9. The second-order valence-electron chi connectivity index (χ2n) is 7.40. The second kappa shape index (κ2) is 8.70. The van der Waals surface area contributed by atoms with Crippen LogP contribution in [0.1, 0.15) is 50.3 Å². The van der Waals surface area contributed by atoms with Crippen LogP contribution in [0.5, 0.6) is 0 Å². The third kappa shape index (κ3) is 4.97. The van der Waals surface area contributed by atoms with Crippen LogP contribution in [0, 0.1) is 11.8 Å². The van der Waals surface area contributed by atoms with Crippen LogP contribution in [0.25, 0.3) is 0 Å². The molecular formula is C19H29N3O2S. The molecule has 1 aromatic rings. The van der Waals surface area contributed by atoms with Crippen LogP contribution in [0.4, 0.5) is 4.79 Å². The van der Waals surface area contributed by atoms with Gasteiger partial charge in [-0.1, -0.05) is 25.8 Å². The molecule has 1 aliphatic heterocycles. The minimum atomic E-state index is -0.0737. The molecule has 0 bridgehead atoms. The molecule has 3 atom stereocenters. The molecule has 3 unspecified atom stereocenters. The van der Waals surface area contributed by atoms with E-state index in [1.54, 1.807) is 16.2 Å². The molecule has 1 aromatic heterocycles. The Bertz CT molecular complexity index is 575. The summed E-state index contributed by atoms with van der Waals surface area (Å²) in [5, 5.41) is 8.23. The van der Waals surface area contributed by atoms with Gasteiger partial charge in [-0.25, -0.2) is 4.79 Å². The van der Waals surface area contributed by atoms with Crippen molar-refractivity contribution in [3.63, 3.8) is 0 Å². The summed E-state index contributed by atoms with van der Waals surface area (Å²) < 4.78 is 0. The van der Waals surface area contributed by atoms with Gasteiger partial charge in [0.2, 0.25) is 5.91 Å². The first-order valence-corrected chi connectivity index (χ1v) is 10.4. The van der Waals surface area contributed by atoms with Gasteiger partial charge in [0.25, 0.3) is 0 Å². The Balaban J connectivity index is 1.48. The highest BCUT2D eigenvalue weighted by Gasteiger charge is 2.31. The zero-order valence-electron chi connectivity index (χ0n) is 15.0. The van der Waals surface area contributed by atoms with Crippen molar-refractivity contribution in [3.05, 3.63) is 22.4 Å². The summed E-state index contributed by atoms with van der Waals surface area (Å²) in [5.74, 6) is 0.622. The minimum absolute atomic E-state index is 0.0584. The van der Waals surface area contributed by atoms with Gasteiger partial charge in [-0.15, -0.1) is 11.3 Å². The standard InChI is InChI=1S/C19H29N3O2S/c1-14-6-2-3-9-17(14)21-18(23)15-7-4-10-22(13-15)19(24)20-12-16-8-5-11-25-16/h5,8,11,14-15,17H,2-4,6-7,9-10,12-13H2,1H3,(H,20,24)(H,21,23). The highest BCUT2D eigenvalue weighted by molar-refractivity contribution is 7.09. The lowest BCUT2D eigenvalue weighted by Gasteiger charge is -2.35. The van der Waals surface area contributed by atoms with Gasteiger partial charge in [-0.3, -0.25) is 4.79 Å². The molecule has 3 amide bonds. The van der Waals surface area contributed by atoms with E-state index in [0.29, 0.717) is 25.0 Å². The van der Waals surface area contributed by atoms with Gasteiger partial charge in [0.15, 0.2) is 0 Å². The van der Waals surface area contributed by atoms with E-state index in [-0.39, 0.29) is 17.9 Å². The predicted octanol–water partition coefficient (Wildman–Crippen LogP) is 3.36. The Kier molecular flexibility index (Phi) is 6.34. The summed E-state index contributed by atoms with van der Waals surface area (Å²) in [7, 11) is 0. The lowest BCUT2D eigenvalue weighted by Crippen LogP contribution is -2.51. The SMILES string of the molecule is CC1CCCCC1NC(=O)C1CCCN(C(=O)NCc2cccs2)C1. The highest BCUT2D eigenvalue weighted by Crippen LogP contribution is 2.25. The van der Waals surface area contributed by atoms with E-state index < -0.39 is 0 Å². The van der Waals surface area contributed by atoms with Gasteiger partial charge >= 0.3 is 6.03 Å². The van der Waals surface area contributed by atoms with E-state index in [1.807, 2.05) is 17.5 Å². The molecule has 0 aromatic carbocycles. The number of nitrogens with zero attached hydrogens (tertiary/aromatic N) is 1. The fourth-order valence-corrected chi connectivity index (χ4v) is 4.54. The fourth-order valence-electron chi connectivity index (χ4n) is 3.89. The number of carbonyl (C=O) groups is 2. The van der Waals surface area contributed by atoms with Gasteiger partial charge in [0.05, 0.1) is 12.5 Å². The zero-order chi connectivity index (χ0) is 17.6. The van der Waals surface area contributed by atoms with Crippen molar-refractivity contribution in [3.8, 4) is 0 Å². The molecule has 2 aliphatic rings. The van der Waals surface area contributed by atoms with E-state index >= 15 is 0 Å². The number of amides is 3. The van der Waals surface area contributed by atoms with Crippen molar-refractivity contribution in [2.75, 3.05) is 13.1 Å². The molecule has 138 valence electrons. The first-order chi connectivity index (χ1) is 12.1. The third-order valence-corrected chi connectivity index (χ3v) is 6.39. The lowest BCUT2D eigenvalue weighted by atomic mass is 9.85. The average Bonchev–Trinajstić information content (AvgIpc) is 3.15. The van der Waals surface area contributed by atoms with E-state index in [4.69, 9.17) is 0 Å². The van der Waals surface area contributed by atoms with Crippen molar-refractivity contribution < 1.29 is 9.59 Å². The maximum Gasteiger partial charge on any atom is 0.317 e. The molecule has 0 radical (unpaired) electrons. The first kappa shape index (κ1) is 18.2. The summed E-state index contributed by atoms with van der Waals surface area (Å²) >= 11 is 1.64. The molecule has 1 saturated heterocycles. The van der Waals surface area contributed by atoms with Gasteiger partial charge < -0.3 is 15.5 Å². The number of likely N-dealkylation sites (tertiary alicyclic amines) is 1. The van der Waals surface area contributed by atoms with Crippen LogP contribution >= 0.6 is 11.3 Å². The molecule has 0 spiro atoms. The predicted molar refractivity (Wildman–Crippen MR) is 100 cm³/mol. The quantitative estimate of drug-likeness (QED) is 0.862. The Hall–Kier alpha value is -1.56. The number of rotatable bonds is 4. The number of piperidine rings is 1. The maximum atomic E-state index is 12.7. The summed E-state index contributed by atoms with van der Waals surface area (Å²) in [6, 6.07) is 4.25. The van der Waals surface area contributed by atoms with Crippen LogP contribution < -0.4 is 10.6 Å². The van der Waals surface area contributed by atoms with Gasteiger partial charge in [0.1, 0.15) is 0 Å². The molecule has 6 heteroatoms. The minimum Gasteiger partial charge on any atom is -0.353 e. The Morgan fingerprint density at radius 2 is 2.08 bits per heavy atom. The number of thiophene rings is 1. The Labute approximate surface area is 154 Å². The van der Waals surface area contributed by atoms with Crippen molar-refractivity contribution in [1.29, 1.82) is 0 Å². The summed E-state index contributed by atoms with van der Waals surface area (Å²) in [4.78, 5) is 28.0. The number of carbonyl (C=O) groups excluding carboxylic acids is 2. The van der Waals surface area contributed by atoms with Crippen molar-refractivity contribution in [1.82, 2.24) is 15.5 Å². The van der Waals surface area contributed by atoms with E-state index in [9.17, 15) is 9.59 Å². The smallest absolute Gasteiger partial charge is 0.317 e.